The van der Waals surface area contributed by atoms with Crippen molar-refractivity contribution in [3.8, 4) is 0 Å². The summed E-state index contributed by atoms with van der Waals surface area (Å²) in [7, 11) is 1.61. The predicted molar refractivity (Wildman–Crippen MR) is 83.0 cm³/mol. The Morgan fingerprint density at radius 3 is 3.09 bits per heavy atom. The second-order valence-corrected chi connectivity index (χ2v) is 6.90. The molecule has 1 aliphatic carbocycles. The van der Waals surface area contributed by atoms with Crippen molar-refractivity contribution in [2.45, 2.75) is 38.6 Å². The number of carbonyl (C=O) groups excluding carboxylic acids is 1. The highest BCUT2D eigenvalue weighted by molar-refractivity contribution is 7.11. The lowest BCUT2D eigenvalue weighted by molar-refractivity contribution is -0.122. The minimum absolute atomic E-state index is 0.0463. The Bertz CT molecular complexity index is 745. The first-order valence-electron chi connectivity index (χ1n) is 7.36. The second kappa shape index (κ2) is 6.04. The fourth-order valence-electron chi connectivity index (χ4n) is 2.79. The first-order valence-corrected chi connectivity index (χ1v) is 8.17. The van der Waals surface area contributed by atoms with Crippen LogP contribution in [0.5, 0.6) is 0 Å². The molecule has 0 saturated carbocycles. The first-order chi connectivity index (χ1) is 10.5. The lowest BCUT2D eigenvalue weighted by Crippen LogP contribution is -2.35. The van der Waals surface area contributed by atoms with Gasteiger partial charge in [0.25, 0.3) is 0 Å². The molecule has 1 N–H and O–H groups in total. The highest BCUT2D eigenvalue weighted by atomic mass is 32.1. The molecule has 1 atom stereocenters. The van der Waals surface area contributed by atoms with E-state index in [1.165, 1.54) is 15.8 Å². The number of fused-ring (bicyclic) bond motifs is 1. The number of rotatable bonds is 4. The molecule has 0 fully saturated rings. The minimum Gasteiger partial charge on any atom is -0.354 e. The Labute approximate surface area is 132 Å². The second-order valence-electron chi connectivity index (χ2n) is 5.62. The number of carbonyl (C=O) groups is 1. The monoisotopic (exact) mass is 321 g/mol. The maximum atomic E-state index is 12.0. The first kappa shape index (κ1) is 15.0. The van der Waals surface area contributed by atoms with E-state index in [1.807, 2.05) is 6.92 Å². The molecule has 0 radical (unpaired) electrons. The highest BCUT2D eigenvalue weighted by Gasteiger charge is 2.24. The van der Waals surface area contributed by atoms with Crippen LogP contribution in [0.25, 0.3) is 0 Å². The van der Waals surface area contributed by atoms with E-state index in [1.54, 1.807) is 18.4 Å². The number of thiazole rings is 1. The molecule has 0 spiro atoms. The maximum absolute atomic E-state index is 12.0. The van der Waals surface area contributed by atoms with E-state index in [-0.39, 0.29) is 24.1 Å². The fourth-order valence-corrected chi connectivity index (χ4v) is 3.85. The number of nitrogens with zero attached hydrogens (tertiary/aromatic N) is 4. The Morgan fingerprint density at radius 1 is 1.55 bits per heavy atom. The molecule has 8 heteroatoms. The maximum Gasteiger partial charge on any atom is 0.345 e. The summed E-state index contributed by atoms with van der Waals surface area (Å²) in [6.07, 6.45) is 4.67. The van der Waals surface area contributed by atoms with Crippen LogP contribution in [0.2, 0.25) is 0 Å². The zero-order chi connectivity index (χ0) is 15.7. The van der Waals surface area contributed by atoms with Crippen molar-refractivity contribution in [2.75, 3.05) is 6.54 Å². The van der Waals surface area contributed by atoms with Gasteiger partial charge in [0.05, 0.1) is 10.7 Å². The van der Waals surface area contributed by atoms with Gasteiger partial charge in [-0.25, -0.2) is 14.5 Å². The van der Waals surface area contributed by atoms with Crippen molar-refractivity contribution in [2.24, 2.45) is 7.05 Å². The summed E-state index contributed by atoms with van der Waals surface area (Å²) >= 11 is 1.75. The fraction of sp³-hybridized carbons (Fsp3) is 0.571. The van der Waals surface area contributed by atoms with Crippen LogP contribution in [-0.4, -0.2) is 31.8 Å². The molecule has 1 amide bonds. The van der Waals surface area contributed by atoms with Crippen molar-refractivity contribution >= 4 is 17.2 Å². The van der Waals surface area contributed by atoms with Gasteiger partial charge in [-0.05, 0) is 26.2 Å². The van der Waals surface area contributed by atoms with E-state index < -0.39 is 0 Å². The number of amides is 1. The van der Waals surface area contributed by atoms with Gasteiger partial charge in [-0.1, -0.05) is 0 Å². The summed E-state index contributed by atoms with van der Waals surface area (Å²) in [5, 5.41) is 7.88. The molecule has 0 bridgehead atoms. The van der Waals surface area contributed by atoms with Crippen LogP contribution in [0.15, 0.2) is 11.1 Å². The van der Waals surface area contributed by atoms with Gasteiger partial charge in [0, 0.05) is 24.4 Å². The summed E-state index contributed by atoms with van der Waals surface area (Å²) < 4.78 is 2.51. The average molecular weight is 321 g/mol. The van der Waals surface area contributed by atoms with Gasteiger partial charge in [-0.2, -0.15) is 5.10 Å². The normalized spacial score (nSPS) is 17.3. The van der Waals surface area contributed by atoms with E-state index >= 15 is 0 Å². The lowest BCUT2D eigenvalue weighted by atomic mass is 9.91. The molecular weight excluding hydrogens is 302 g/mol. The zero-order valence-corrected chi connectivity index (χ0v) is 13.5. The lowest BCUT2D eigenvalue weighted by Gasteiger charge is -2.21. The average Bonchev–Trinajstić information content (AvgIpc) is 3.01. The van der Waals surface area contributed by atoms with Gasteiger partial charge in [-0.15, -0.1) is 11.3 Å². The van der Waals surface area contributed by atoms with Gasteiger partial charge in [-0.3, -0.25) is 9.36 Å². The van der Waals surface area contributed by atoms with Gasteiger partial charge < -0.3 is 5.32 Å². The summed E-state index contributed by atoms with van der Waals surface area (Å²) in [4.78, 5) is 29.6. The van der Waals surface area contributed by atoms with Crippen LogP contribution in [-0.2, 0) is 24.8 Å². The Morgan fingerprint density at radius 2 is 2.36 bits per heavy atom. The third-order valence-corrected chi connectivity index (χ3v) is 4.95. The molecule has 1 aliphatic rings. The highest BCUT2D eigenvalue weighted by Crippen LogP contribution is 2.34. The smallest absolute Gasteiger partial charge is 0.345 e. The summed E-state index contributed by atoms with van der Waals surface area (Å²) in [6.45, 7) is 2.54. The topological polar surface area (TPSA) is 81.8 Å². The molecule has 2 aromatic heterocycles. The van der Waals surface area contributed by atoms with E-state index in [9.17, 15) is 9.59 Å². The largest absolute Gasteiger partial charge is 0.354 e. The number of nitrogens with one attached hydrogen (secondary N) is 1. The summed E-state index contributed by atoms with van der Waals surface area (Å²) in [6, 6.07) is 0. The number of hydrogen-bond donors (Lipinski definition) is 1. The Balaban J connectivity index is 1.60. The molecule has 7 nitrogen and oxygen atoms in total. The van der Waals surface area contributed by atoms with E-state index in [0.717, 1.165) is 34.6 Å². The molecular formula is C14H19N5O2S. The minimum atomic E-state index is -0.287. The molecule has 0 aromatic carbocycles. The summed E-state index contributed by atoms with van der Waals surface area (Å²) in [5.41, 5.74) is 0.856. The van der Waals surface area contributed by atoms with Crippen LogP contribution < -0.4 is 11.0 Å². The third kappa shape index (κ3) is 2.96. The number of aromatic nitrogens is 4. The van der Waals surface area contributed by atoms with Crippen LogP contribution in [0.3, 0.4) is 0 Å². The van der Waals surface area contributed by atoms with Crippen molar-refractivity contribution < 1.29 is 4.79 Å². The molecule has 2 aromatic rings. The van der Waals surface area contributed by atoms with Crippen molar-refractivity contribution in [1.82, 2.24) is 24.6 Å². The molecule has 0 saturated heterocycles. The van der Waals surface area contributed by atoms with Crippen molar-refractivity contribution in [3.05, 3.63) is 32.4 Å². The summed E-state index contributed by atoms with van der Waals surface area (Å²) in [5.74, 6) is 0.0815. The molecule has 22 heavy (non-hydrogen) atoms. The van der Waals surface area contributed by atoms with Crippen LogP contribution in [0, 0.1) is 6.92 Å². The van der Waals surface area contributed by atoms with Crippen molar-refractivity contribution in [3.63, 3.8) is 0 Å². The predicted octanol–water partition coefficient (Wildman–Crippen LogP) is 0.583. The molecule has 1 unspecified atom stereocenters. The number of hydrogen-bond acceptors (Lipinski definition) is 5. The Kier molecular flexibility index (Phi) is 4.10. The quantitative estimate of drug-likeness (QED) is 0.893. The van der Waals surface area contributed by atoms with Gasteiger partial charge >= 0.3 is 5.69 Å². The molecule has 118 valence electrons. The van der Waals surface area contributed by atoms with Gasteiger partial charge in [0.2, 0.25) is 5.91 Å². The zero-order valence-electron chi connectivity index (χ0n) is 12.7. The van der Waals surface area contributed by atoms with E-state index in [2.05, 4.69) is 15.4 Å². The molecule has 3 rings (SSSR count). The molecule has 0 aliphatic heterocycles. The van der Waals surface area contributed by atoms with Gasteiger partial charge in [0.15, 0.2) is 0 Å². The van der Waals surface area contributed by atoms with Gasteiger partial charge in [0.1, 0.15) is 12.9 Å². The van der Waals surface area contributed by atoms with Crippen LogP contribution in [0.4, 0.5) is 0 Å². The van der Waals surface area contributed by atoms with Crippen LogP contribution in [0.1, 0.15) is 34.3 Å². The molecule has 2 heterocycles. The van der Waals surface area contributed by atoms with E-state index in [4.69, 9.17) is 0 Å². The van der Waals surface area contributed by atoms with E-state index in [0.29, 0.717) is 6.54 Å². The van der Waals surface area contributed by atoms with Crippen molar-refractivity contribution in [1.29, 1.82) is 0 Å². The van der Waals surface area contributed by atoms with Crippen LogP contribution >= 0.6 is 11.3 Å². The standard InChI is InChI=1S/C14H19N5O2S/c1-9-17-13-10(4-3-5-11(13)22-9)6-15-12(20)7-19-14(21)18(2)8-16-19/h8,10H,3-7H2,1-2H3,(H,15,20). The number of aryl methyl sites for hydroxylation is 3. The third-order valence-electron chi connectivity index (χ3n) is 3.90. The Hall–Kier alpha value is -1.96. The SMILES string of the molecule is Cc1nc2c(s1)CCCC2CNC(=O)Cn1ncn(C)c1=O.